The highest BCUT2D eigenvalue weighted by molar-refractivity contribution is 5.77. The van der Waals surface area contributed by atoms with Crippen LogP contribution in [0.4, 0.5) is 0 Å². The van der Waals surface area contributed by atoms with E-state index in [4.69, 9.17) is 9.47 Å². The number of methoxy groups -OCH3 is 1. The molecule has 0 aliphatic rings. The number of esters is 1. The van der Waals surface area contributed by atoms with Gasteiger partial charge in [-0.1, -0.05) is 0 Å². The van der Waals surface area contributed by atoms with E-state index in [1.807, 2.05) is 13.8 Å². The fourth-order valence-corrected chi connectivity index (χ4v) is 1.65. The van der Waals surface area contributed by atoms with E-state index in [2.05, 4.69) is 0 Å². The van der Waals surface area contributed by atoms with Crippen LogP contribution in [-0.2, 0) is 14.3 Å². The van der Waals surface area contributed by atoms with E-state index < -0.39 is 22.6 Å². The molecule has 0 fully saturated rings. The molecule has 0 aromatic rings. The Kier molecular flexibility index (Phi) is 5.16. The number of carbonyl (C=O) groups excluding carboxylic acids is 1. The van der Waals surface area contributed by atoms with Gasteiger partial charge in [0.05, 0.1) is 23.2 Å². The van der Waals surface area contributed by atoms with Gasteiger partial charge in [-0.2, -0.15) is 0 Å². The first-order valence-corrected chi connectivity index (χ1v) is 5.95. The maximum Gasteiger partial charge on any atom is 0.314 e. The lowest BCUT2D eigenvalue weighted by atomic mass is 9.71. The molecule has 4 heteroatoms. The lowest BCUT2D eigenvalue weighted by Gasteiger charge is -2.42. The molecular formula is C13H26O4. The zero-order chi connectivity index (χ0) is 13.9. The standard InChI is InChI=1S/C13H26O4/c1-8-17-10(14)12(4,5)13(6,15)9-11(2,3)16-7/h15H,8-9H2,1-7H3. The molecule has 17 heavy (non-hydrogen) atoms. The average molecular weight is 246 g/mol. The van der Waals surface area contributed by atoms with Gasteiger partial charge in [0.15, 0.2) is 0 Å². The van der Waals surface area contributed by atoms with Crippen molar-refractivity contribution < 1.29 is 19.4 Å². The van der Waals surface area contributed by atoms with Crippen molar-refractivity contribution in [2.45, 2.75) is 59.2 Å². The number of hydrogen-bond acceptors (Lipinski definition) is 4. The summed E-state index contributed by atoms with van der Waals surface area (Å²) in [5.74, 6) is -0.392. The second-order valence-electron chi connectivity index (χ2n) is 5.76. The third kappa shape index (κ3) is 3.96. The number of rotatable bonds is 6. The molecular weight excluding hydrogens is 220 g/mol. The molecule has 102 valence electrons. The van der Waals surface area contributed by atoms with Crippen molar-refractivity contribution in [1.82, 2.24) is 0 Å². The van der Waals surface area contributed by atoms with Crippen LogP contribution in [0.3, 0.4) is 0 Å². The van der Waals surface area contributed by atoms with Crippen molar-refractivity contribution >= 4 is 5.97 Å². The van der Waals surface area contributed by atoms with Gasteiger partial charge in [0.25, 0.3) is 0 Å². The number of ether oxygens (including phenoxy) is 2. The SMILES string of the molecule is CCOC(=O)C(C)(C)C(C)(O)CC(C)(C)OC. The topological polar surface area (TPSA) is 55.8 Å². The molecule has 0 rings (SSSR count). The van der Waals surface area contributed by atoms with E-state index in [0.29, 0.717) is 13.0 Å². The summed E-state index contributed by atoms with van der Waals surface area (Å²) >= 11 is 0. The van der Waals surface area contributed by atoms with Crippen LogP contribution in [0.5, 0.6) is 0 Å². The molecule has 0 saturated heterocycles. The van der Waals surface area contributed by atoms with E-state index in [9.17, 15) is 9.90 Å². The molecule has 0 spiro atoms. The van der Waals surface area contributed by atoms with Crippen LogP contribution in [0.2, 0.25) is 0 Å². The number of hydrogen-bond donors (Lipinski definition) is 1. The summed E-state index contributed by atoms with van der Waals surface area (Å²) in [7, 11) is 1.59. The van der Waals surface area contributed by atoms with Gasteiger partial charge in [-0.3, -0.25) is 4.79 Å². The lowest BCUT2D eigenvalue weighted by molar-refractivity contribution is -0.176. The predicted molar refractivity (Wildman–Crippen MR) is 66.7 cm³/mol. The Morgan fingerprint density at radius 3 is 2.00 bits per heavy atom. The van der Waals surface area contributed by atoms with Gasteiger partial charge in [0.2, 0.25) is 0 Å². The summed E-state index contributed by atoms with van der Waals surface area (Å²) in [6.07, 6.45) is 0.350. The highest BCUT2D eigenvalue weighted by atomic mass is 16.5. The van der Waals surface area contributed by atoms with Gasteiger partial charge >= 0.3 is 5.97 Å². The molecule has 0 aromatic carbocycles. The molecule has 4 nitrogen and oxygen atoms in total. The molecule has 0 aliphatic heterocycles. The van der Waals surface area contributed by atoms with E-state index in [1.54, 1.807) is 34.8 Å². The van der Waals surface area contributed by atoms with E-state index in [-0.39, 0.29) is 0 Å². The van der Waals surface area contributed by atoms with Crippen LogP contribution in [-0.4, -0.2) is 36.0 Å². The smallest absolute Gasteiger partial charge is 0.314 e. The minimum Gasteiger partial charge on any atom is -0.465 e. The van der Waals surface area contributed by atoms with Crippen molar-refractivity contribution in [2.75, 3.05) is 13.7 Å². The fraction of sp³-hybridized carbons (Fsp3) is 0.923. The molecule has 0 aromatic heterocycles. The first kappa shape index (κ1) is 16.4. The lowest BCUT2D eigenvalue weighted by Crippen LogP contribution is -2.52. The van der Waals surface area contributed by atoms with Crippen LogP contribution in [0.15, 0.2) is 0 Å². The first-order chi connectivity index (χ1) is 7.50. The van der Waals surface area contributed by atoms with Crippen LogP contribution < -0.4 is 0 Å². The van der Waals surface area contributed by atoms with Crippen molar-refractivity contribution in [1.29, 1.82) is 0 Å². The molecule has 0 radical (unpaired) electrons. The Bertz CT molecular complexity index is 267. The Morgan fingerprint density at radius 1 is 1.18 bits per heavy atom. The van der Waals surface area contributed by atoms with Gasteiger partial charge in [-0.05, 0) is 41.5 Å². The summed E-state index contributed by atoms with van der Waals surface area (Å²) in [6, 6.07) is 0. The van der Waals surface area contributed by atoms with Crippen LogP contribution in [0, 0.1) is 5.41 Å². The maximum absolute atomic E-state index is 11.9. The minimum absolute atomic E-state index is 0.312. The summed E-state index contributed by atoms with van der Waals surface area (Å²) in [6.45, 7) is 10.8. The van der Waals surface area contributed by atoms with Crippen molar-refractivity contribution in [3.8, 4) is 0 Å². The highest BCUT2D eigenvalue weighted by Gasteiger charge is 2.49. The molecule has 0 saturated carbocycles. The summed E-state index contributed by atoms with van der Waals surface area (Å²) in [4.78, 5) is 11.9. The normalized spacial score (nSPS) is 16.5. The Hall–Kier alpha value is -0.610. The number of aliphatic hydroxyl groups is 1. The molecule has 0 bridgehead atoms. The zero-order valence-corrected chi connectivity index (χ0v) is 12.1. The predicted octanol–water partition coefficient (Wildman–Crippen LogP) is 2.14. The van der Waals surface area contributed by atoms with Gasteiger partial charge < -0.3 is 14.6 Å². The fourth-order valence-electron chi connectivity index (χ4n) is 1.65. The quantitative estimate of drug-likeness (QED) is 0.730. The molecule has 0 aliphatic carbocycles. The van der Waals surface area contributed by atoms with Crippen molar-refractivity contribution in [2.24, 2.45) is 5.41 Å². The molecule has 1 unspecified atom stereocenters. The average Bonchev–Trinajstić information content (AvgIpc) is 2.16. The van der Waals surface area contributed by atoms with Crippen LogP contribution in [0.1, 0.15) is 48.0 Å². The van der Waals surface area contributed by atoms with Crippen LogP contribution >= 0.6 is 0 Å². The summed E-state index contributed by atoms with van der Waals surface area (Å²) in [5, 5.41) is 10.5. The minimum atomic E-state index is -1.20. The molecule has 1 N–H and O–H groups in total. The zero-order valence-electron chi connectivity index (χ0n) is 12.1. The monoisotopic (exact) mass is 246 g/mol. The second kappa shape index (κ2) is 5.36. The van der Waals surface area contributed by atoms with Gasteiger partial charge in [0, 0.05) is 13.5 Å². The summed E-state index contributed by atoms with van der Waals surface area (Å²) in [5.41, 5.74) is -2.66. The van der Waals surface area contributed by atoms with Gasteiger partial charge in [-0.25, -0.2) is 0 Å². The van der Waals surface area contributed by atoms with Crippen molar-refractivity contribution in [3.05, 3.63) is 0 Å². The first-order valence-electron chi connectivity index (χ1n) is 5.95. The van der Waals surface area contributed by atoms with Crippen molar-refractivity contribution in [3.63, 3.8) is 0 Å². The van der Waals surface area contributed by atoms with E-state index >= 15 is 0 Å². The Labute approximate surface area is 104 Å². The summed E-state index contributed by atoms with van der Waals surface area (Å²) < 4.78 is 10.3. The second-order valence-corrected chi connectivity index (χ2v) is 5.76. The maximum atomic E-state index is 11.9. The third-order valence-corrected chi connectivity index (χ3v) is 3.45. The number of carbonyl (C=O) groups is 1. The van der Waals surface area contributed by atoms with E-state index in [0.717, 1.165) is 0 Å². The van der Waals surface area contributed by atoms with Gasteiger partial charge in [-0.15, -0.1) is 0 Å². The molecule has 0 heterocycles. The van der Waals surface area contributed by atoms with E-state index in [1.165, 1.54) is 0 Å². The highest BCUT2D eigenvalue weighted by Crippen LogP contribution is 2.38. The van der Waals surface area contributed by atoms with Gasteiger partial charge in [0.1, 0.15) is 0 Å². The van der Waals surface area contributed by atoms with Crippen LogP contribution in [0.25, 0.3) is 0 Å². The Morgan fingerprint density at radius 2 is 1.65 bits per heavy atom. The largest absolute Gasteiger partial charge is 0.465 e. The third-order valence-electron chi connectivity index (χ3n) is 3.45. The molecule has 1 atom stereocenters. The Balaban J connectivity index is 4.96. The molecule has 0 amide bonds.